The number of aromatic nitrogens is 1. The molecule has 0 unspecified atom stereocenters. The molecular formula is C22H17NOS. The lowest BCUT2D eigenvalue weighted by Gasteiger charge is -2.09. The van der Waals surface area contributed by atoms with Gasteiger partial charge in [-0.05, 0) is 35.9 Å². The van der Waals surface area contributed by atoms with Gasteiger partial charge in [-0.25, -0.2) is 0 Å². The highest BCUT2D eigenvalue weighted by atomic mass is 32.2. The second kappa shape index (κ2) is 6.99. The number of fused-ring (bicyclic) bond motifs is 1. The smallest absolute Gasteiger partial charge is 0.262 e. The van der Waals surface area contributed by atoms with Crippen LogP contribution in [-0.2, 0) is 5.75 Å². The number of para-hydroxylation sites is 1. The van der Waals surface area contributed by atoms with Crippen LogP contribution in [0.25, 0.3) is 10.9 Å². The lowest BCUT2D eigenvalue weighted by atomic mass is 10.1. The fourth-order valence-corrected chi connectivity index (χ4v) is 3.86. The monoisotopic (exact) mass is 343 g/mol. The van der Waals surface area contributed by atoms with Crippen LogP contribution in [0.1, 0.15) is 15.9 Å². The van der Waals surface area contributed by atoms with Gasteiger partial charge in [-0.15, -0.1) is 11.8 Å². The molecule has 0 radical (unpaired) electrons. The van der Waals surface area contributed by atoms with Gasteiger partial charge in [0.1, 0.15) is 0 Å². The van der Waals surface area contributed by atoms with Crippen LogP contribution >= 0.6 is 11.8 Å². The number of thioether (sulfide) groups is 1. The van der Waals surface area contributed by atoms with Crippen molar-refractivity contribution in [3.8, 4) is 0 Å². The first kappa shape index (κ1) is 15.7. The van der Waals surface area contributed by atoms with Crippen molar-refractivity contribution in [3.63, 3.8) is 0 Å². The summed E-state index contributed by atoms with van der Waals surface area (Å²) in [6.45, 7) is 0. The molecule has 4 aromatic rings. The summed E-state index contributed by atoms with van der Waals surface area (Å²) < 4.78 is 1.77. The molecule has 3 aromatic carbocycles. The molecule has 0 bridgehead atoms. The number of hydrogen-bond acceptors (Lipinski definition) is 2. The van der Waals surface area contributed by atoms with E-state index in [0.717, 1.165) is 16.7 Å². The molecule has 25 heavy (non-hydrogen) atoms. The highest BCUT2D eigenvalue weighted by molar-refractivity contribution is 7.98. The van der Waals surface area contributed by atoms with Gasteiger partial charge in [0, 0.05) is 27.8 Å². The largest absolute Gasteiger partial charge is 0.283 e. The van der Waals surface area contributed by atoms with Gasteiger partial charge in [0.25, 0.3) is 5.91 Å². The van der Waals surface area contributed by atoms with E-state index in [-0.39, 0.29) is 5.91 Å². The van der Waals surface area contributed by atoms with Crippen LogP contribution in [0.5, 0.6) is 0 Å². The molecule has 0 saturated heterocycles. The summed E-state index contributed by atoms with van der Waals surface area (Å²) in [6.07, 6.45) is 1.87. The van der Waals surface area contributed by atoms with Crippen LogP contribution in [0.15, 0.2) is 96.0 Å². The molecule has 122 valence electrons. The summed E-state index contributed by atoms with van der Waals surface area (Å²) in [5, 5.41) is 1.09. The van der Waals surface area contributed by atoms with Crippen molar-refractivity contribution in [2.45, 2.75) is 10.6 Å². The van der Waals surface area contributed by atoms with Gasteiger partial charge < -0.3 is 0 Å². The summed E-state index contributed by atoms with van der Waals surface area (Å²) >= 11 is 1.78. The predicted molar refractivity (Wildman–Crippen MR) is 104 cm³/mol. The minimum Gasteiger partial charge on any atom is -0.283 e. The van der Waals surface area contributed by atoms with Crippen molar-refractivity contribution >= 4 is 28.6 Å². The third kappa shape index (κ3) is 3.24. The average Bonchev–Trinajstić information content (AvgIpc) is 3.12. The van der Waals surface area contributed by atoms with E-state index in [4.69, 9.17) is 0 Å². The Labute approximate surface area is 151 Å². The number of nitrogens with zero attached hydrogens (tertiary/aromatic N) is 1. The normalized spacial score (nSPS) is 10.9. The number of rotatable bonds is 4. The molecule has 4 rings (SSSR count). The Kier molecular flexibility index (Phi) is 4.40. The van der Waals surface area contributed by atoms with E-state index in [2.05, 4.69) is 30.3 Å². The first-order valence-corrected chi connectivity index (χ1v) is 9.18. The van der Waals surface area contributed by atoms with Gasteiger partial charge in [-0.2, -0.15) is 0 Å². The first-order chi connectivity index (χ1) is 12.3. The summed E-state index contributed by atoms with van der Waals surface area (Å²) in [5.41, 5.74) is 2.87. The maximum Gasteiger partial charge on any atom is 0.262 e. The highest BCUT2D eigenvalue weighted by Crippen LogP contribution is 2.28. The molecule has 0 atom stereocenters. The molecule has 1 aromatic heterocycles. The maximum atomic E-state index is 12.9. The van der Waals surface area contributed by atoms with Crippen LogP contribution in [0.4, 0.5) is 0 Å². The third-order valence-electron chi connectivity index (χ3n) is 4.17. The van der Waals surface area contributed by atoms with Gasteiger partial charge in [0.2, 0.25) is 0 Å². The van der Waals surface area contributed by atoms with E-state index >= 15 is 0 Å². The predicted octanol–water partition coefficient (Wildman–Crippen LogP) is 5.62. The lowest BCUT2D eigenvalue weighted by Crippen LogP contribution is -2.11. The molecule has 1 heterocycles. The molecule has 0 fully saturated rings. The van der Waals surface area contributed by atoms with Crippen LogP contribution in [0.2, 0.25) is 0 Å². The Morgan fingerprint density at radius 2 is 1.52 bits per heavy atom. The van der Waals surface area contributed by atoms with Crippen molar-refractivity contribution in [2.24, 2.45) is 0 Å². The fraction of sp³-hybridized carbons (Fsp3) is 0.0455. The number of carbonyl (C=O) groups is 1. The summed E-state index contributed by atoms with van der Waals surface area (Å²) in [5.74, 6) is 0.834. The first-order valence-electron chi connectivity index (χ1n) is 8.19. The standard InChI is InChI=1S/C22H17NOS/c24-22(18-8-3-1-4-9-18)23-15-14-17-10-7-11-19(21(17)23)16-25-20-12-5-2-6-13-20/h1-15H,16H2. The Morgan fingerprint density at radius 1 is 0.800 bits per heavy atom. The highest BCUT2D eigenvalue weighted by Gasteiger charge is 2.14. The minimum absolute atomic E-state index is 0.00719. The molecule has 2 nitrogen and oxygen atoms in total. The number of benzene rings is 3. The van der Waals surface area contributed by atoms with Crippen molar-refractivity contribution in [3.05, 3.63) is 102 Å². The van der Waals surface area contributed by atoms with Gasteiger partial charge in [0.05, 0.1) is 5.52 Å². The molecule has 0 aliphatic rings. The van der Waals surface area contributed by atoms with Crippen molar-refractivity contribution in [1.82, 2.24) is 4.57 Å². The Hall–Kier alpha value is -2.78. The van der Waals surface area contributed by atoms with Crippen LogP contribution in [0, 0.1) is 0 Å². The van der Waals surface area contributed by atoms with E-state index < -0.39 is 0 Å². The number of hydrogen-bond donors (Lipinski definition) is 0. The number of carbonyl (C=O) groups excluding carboxylic acids is 1. The Bertz CT molecular complexity index is 1010. The van der Waals surface area contributed by atoms with E-state index in [1.54, 1.807) is 16.3 Å². The fourth-order valence-electron chi connectivity index (χ4n) is 2.95. The Balaban J connectivity index is 1.71. The summed E-state index contributed by atoms with van der Waals surface area (Å²) in [4.78, 5) is 14.1. The van der Waals surface area contributed by atoms with E-state index in [1.807, 2.05) is 60.8 Å². The van der Waals surface area contributed by atoms with Gasteiger partial charge in [-0.3, -0.25) is 9.36 Å². The third-order valence-corrected chi connectivity index (χ3v) is 5.23. The zero-order valence-corrected chi connectivity index (χ0v) is 14.4. The minimum atomic E-state index is 0.00719. The Morgan fingerprint density at radius 3 is 2.28 bits per heavy atom. The molecule has 0 aliphatic carbocycles. The molecular weight excluding hydrogens is 326 g/mol. The molecule has 0 aliphatic heterocycles. The molecule has 0 saturated carbocycles. The van der Waals surface area contributed by atoms with Crippen LogP contribution < -0.4 is 0 Å². The molecule has 3 heteroatoms. The van der Waals surface area contributed by atoms with Crippen molar-refractivity contribution in [1.29, 1.82) is 0 Å². The van der Waals surface area contributed by atoms with Crippen molar-refractivity contribution < 1.29 is 4.79 Å². The second-order valence-corrected chi connectivity index (χ2v) is 6.86. The molecule has 0 N–H and O–H groups in total. The van der Waals surface area contributed by atoms with E-state index in [1.165, 1.54) is 10.5 Å². The SMILES string of the molecule is O=C(c1ccccc1)n1ccc2cccc(CSc3ccccc3)c21. The van der Waals surface area contributed by atoms with Gasteiger partial charge >= 0.3 is 0 Å². The quantitative estimate of drug-likeness (QED) is 0.449. The zero-order valence-electron chi connectivity index (χ0n) is 13.6. The topological polar surface area (TPSA) is 22.0 Å². The van der Waals surface area contributed by atoms with Crippen LogP contribution in [-0.4, -0.2) is 10.5 Å². The second-order valence-electron chi connectivity index (χ2n) is 5.81. The van der Waals surface area contributed by atoms with Crippen molar-refractivity contribution in [2.75, 3.05) is 0 Å². The van der Waals surface area contributed by atoms with Gasteiger partial charge in [0.15, 0.2) is 0 Å². The molecule has 0 spiro atoms. The average molecular weight is 343 g/mol. The molecule has 0 amide bonds. The van der Waals surface area contributed by atoms with E-state index in [0.29, 0.717) is 5.56 Å². The van der Waals surface area contributed by atoms with Crippen LogP contribution in [0.3, 0.4) is 0 Å². The summed E-state index contributed by atoms with van der Waals surface area (Å²) in [6, 6.07) is 28.0. The lowest BCUT2D eigenvalue weighted by molar-refractivity contribution is 0.0965. The van der Waals surface area contributed by atoms with Gasteiger partial charge in [-0.1, -0.05) is 54.6 Å². The maximum absolute atomic E-state index is 12.9. The van der Waals surface area contributed by atoms with E-state index in [9.17, 15) is 4.79 Å². The summed E-state index contributed by atoms with van der Waals surface area (Å²) in [7, 11) is 0. The zero-order chi connectivity index (χ0) is 17.1.